The van der Waals surface area contributed by atoms with Crippen molar-refractivity contribution in [3.8, 4) is 0 Å². The minimum absolute atomic E-state index is 0. The molecule has 0 unspecified atom stereocenters. The van der Waals surface area contributed by atoms with Crippen LogP contribution in [0, 0.1) is 6.92 Å². The maximum absolute atomic E-state index is 5.07. The minimum Gasteiger partial charge on any atom is -1.00 e. The van der Waals surface area contributed by atoms with Crippen molar-refractivity contribution in [2.24, 2.45) is 9.98 Å². The van der Waals surface area contributed by atoms with Gasteiger partial charge in [0.1, 0.15) is 0 Å². The van der Waals surface area contributed by atoms with Gasteiger partial charge in [0.25, 0.3) is 0 Å². The third-order valence-corrected chi connectivity index (χ3v) is 6.20. The molecule has 194 valence electrons. The fourth-order valence-corrected chi connectivity index (χ4v) is 4.21. The van der Waals surface area contributed by atoms with E-state index in [9.17, 15) is 0 Å². The molecule has 0 radical (unpaired) electrons. The van der Waals surface area contributed by atoms with Crippen molar-refractivity contribution in [2.75, 3.05) is 0 Å². The maximum Gasteiger partial charge on any atom is 2.00 e. The molecule has 6 heteroatoms. The molecule has 0 atom stereocenters. The van der Waals surface area contributed by atoms with Crippen LogP contribution in [0.2, 0.25) is 0 Å². The number of pyridine rings is 1. The quantitative estimate of drug-likeness (QED) is 0.304. The zero-order valence-corrected chi connectivity index (χ0v) is 25.0. The van der Waals surface area contributed by atoms with Crippen LogP contribution in [0.25, 0.3) is 0 Å². The van der Waals surface area contributed by atoms with Crippen LogP contribution in [0.1, 0.15) is 80.7 Å². The maximum atomic E-state index is 5.07. The topological polar surface area (TPSA) is 37.6 Å². The molecule has 36 heavy (non-hydrogen) atoms. The van der Waals surface area contributed by atoms with Gasteiger partial charge < -0.3 is 24.8 Å². The number of hydrogen-bond donors (Lipinski definition) is 0. The number of benzene rings is 2. The van der Waals surface area contributed by atoms with Gasteiger partial charge in [-0.2, -0.15) is 0 Å². The zero-order valence-electron chi connectivity index (χ0n) is 22.4. The van der Waals surface area contributed by atoms with Crippen LogP contribution >= 0.6 is 0 Å². The largest absolute Gasteiger partial charge is 2.00 e. The van der Waals surface area contributed by atoms with Crippen molar-refractivity contribution in [2.45, 2.75) is 74.1 Å². The van der Waals surface area contributed by atoms with Crippen molar-refractivity contribution in [3.05, 3.63) is 87.7 Å². The Morgan fingerprint density at radius 2 is 0.944 bits per heavy atom. The van der Waals surface area contributed by atoms with Gasteiger partial charge in [-0.15, -0.1) is 0 Å². The van der Waals surface area contributed by atoms with Crippen molar-refractivity contribution in [1.29, 1.82) is 0 Å². The summed E-state index contributed by atoms with van der Waals surface area (Å²) in [7, 11) is 0. The molecule has 3 rings (SSSR count). The number of aryl methyl sites for hydroxylation is 5. The van der Waals surface area contributed by atoms with Crippen molar-refractivity contribution < 1.29 is 41.9 Å². The Hall–Kier alpha value is -1.97. The second-order valence-corrected chi connectivity index (χ2v) is 8.57. The van der Waals surface area contributed by atoms with Crippen molar-refractivity contribution in [3.63, 3.8) is 0 Å². The van der Waals surface area contributed by atoms with E-state index in [1.807, 2.05) is 0 Å². The molecule has 0 spiro atoms. The van der Waals surface area contributed by atoms with Crippen molar-refractivity contribution in [1.82, 2.24) is 4.98 Å². The Kier molecular flexibility index (Phi) is 15.1. The zero-order chi connectivity index (χ0) is 24.0. The summed E-state index contributed by atoms with van der Waals surface area (Å²) in [5, 5.41) is 0. The smallest absolute Gasteiger partial charge is 1.00 e. The third-order valence-electron chi connectivity index (χ3n) is 6.20. The summed E-state index contributed by atoms with van der Waals surface area (Å²) in [5.41, 5.74) is 12.2. The molecule has 0 saturated heterocycles. The molecule has 1 aromatic heterocycles. The number of aliphatic imine (C=N–C) groups is 2. The van der Waals surface area contributed by atoms with E-state index in [0.717, 1.165) is 65.4 Å². The Morgan fingerprint density at radius 3 is 1.22 bits per heavy atom. The second kappa shape index (κ2) is 16.0. The monoisotopic (exact) mass is 565 g/mol. The third kappa shape index (κ3) is 8.01. The van der Waals surface area contributed by atoms with Crippen LogP contribution in [0.15, 0.2) is 58.5 Å². The van der Waals surface area contributed by atoms with Gasteiger partial charge in [-0.25, -0.2) is 4.98 Å². The van der Waals surface area contributed by atoms with Crippen LogP contribution in [-0.2, 0) is 42.8 Å². The fraction of sp³-hybridized carbons (Fsp3) is 0.367. The second-order valence-electron chi connectivity index (χ2n) is 8.57. The average Bonchev–Trinajstić information content (AvgIpc) is 2.83. The van der Waals surface area contributed by atoms with Crippen LogP contribution in [0.4, 0.5) is 11.4 Å². The summed E-state index contributed by atoms with van der Waals surface area (Å²) in [6.07, 6.45) is 3.87. The Labute approximate surface area is 240 Å². The number of rotatable bonds is 8. The van der Waals surface area contributed by atoms with Gasteiger partial charge >= 0.3 is 17.1 Å². The molecule has 0 amide bonds. The molecule has 0 aliphatic rings. The van der Waals surface area contributed by atoms with Crippen LogP contribution in [0.3, 0.4) is 0 Å². The summed E-state index contributed by atoms with van der Waals surface area (Å²) < 4.78 is 0. The van der Waals surface area contributed by atoms with E-state index in [-0.39, 0.29) is 41.9 Å². The number of halogens is 2. The van der Waals surface area contributed by atoms with E-state index in [2.05, 4.69) is 97.0 Å². The Balaban J connectivity index is 0.00000408. The summed E-state index contributed by atoms with van der Waals surface area (Å²) in [5.74, 6) is 0. The van der Waals surface area contributed by atoms with Crippen LogP contribution in [-0.4, -0.2) is 16.4 Å². The van der Waals surface area contributed by atoms with Gasteiger partial charge in [0.15, 0.2) is 0 Å². The van der Waals surface area contributed by atoms with E-state index in [1.165, 1.54) is 22.3 Å². The van der Waals surface area contributed by atoms with Crippen LogP contribution < -0.4 is 24.8 Å². The molecule has 3 nitrogen and oxygen atoms in total. The number of aromatic nitrogens is 1. The van der Waals surface area contributed by atoms with Crippen molar-refractivity contribution >= 4 is 22.8 Å². The first-order valence-electron chi connectivity index (χ1n) is 12.2. The van der Waals surface area contributed by atoms with E-state index in [1.54, 1.807) is 0 Å². The summed E-state index contributed by atoms with van der Waals surface area (Å²) in [6, 6.07) is 17.2. The number of para-hydroxylation sites is 2. The molecular formula is C30H37Cl2FeN3. The molecule has 0 bridgehead atoms. The molecule has 0 aliphatic heterocycles. The van der Waals surface area contributed by atoms with Gasteiger partial charge in [-0.05, 0) is 86.4 Å². The molecule has 2 aromatic carbocycles. The van der Waals surface area contributed by atoms with E-state index in [4.69, 9.17) is 15.0 Å². The van der Waals surface area contributed by atoms with Gasteiger partial charge in [0.2, 0.25) is 0 Å². The molecule has 1 heterocycles. The average molecular weight is 566 g/mol. The Morgan fingerprint density at radius 1 is 0.639 bits per heavy atom. The van der Waals surface area contributed by atoms with Gasteiger partial charge in [-0.1, -0.05) is 64.1 Å². The van der Waals surface area contributed by atoms with Crippen LogP contribution in [0.5, 0.6) is 0 Å². The minimum atomic E-state index is 0. The summed E-state index contributed by atoms with van der Waals surface area (Å²) in [6.45, 7) is 15.0. The Bertz CT molecular complexity index is 1070. The van der Waals surface area contributed by atoms with E-state index in [0.29, 0.717) is 0 Å². The predicted octanol–water partition coefficient (Wildman–Crippen LogP) is 1.93. The first kappa shape index (κ1) is 34.0. The standard InChI is InChI=1S/C30H37N3.2ClH.Fe/c1-8-23-14-12-15-24(9-2)29(23)31-21(6)27-18-20(5)19-28(33-27)22(7)32-30-25(10-3)16-13-17-26(30)11-4;;;/h12-19H,8-11H2,1-7H3;2*1H;/q;;;+2/p-2. The van der Waals surface area contributed by atoms with Gasteiger partial charge in [0.05, 0.1) is 34.2 Å². The number of nitrogens with zero attached hydrogens (tertiary/aromatic N) is 3. The molecule has 0 N–H and O–H groups in total. The summed E-state index contributed by atoms with van der Waals surface area (Å²) in [4.78, 5) is 15.1. The first-order valence-corrected chi connectivity index (χ1v) is 12.2. The molecule has 0 saturated carbocycles. The fourth-order valence-electron chi connectivity index (χ4n) is 4.21. The predicted molar refractivity (Wildman–Crippen MR) is 143 cm³/mol. The van der Waals surface area contributed by atoms with E-state index >= 15 is 0 Å². The molecular weight excluding hydrogens is 529 g/mol. The van der Waals surface area contributed by atoms with Gasteiger partial charge in [0, 0.05) is 0 Å². The van der Waals surface area contributed by atoms with Gasteiger partial charge in [-0.3, -0.25) is 9.98 Å². The number of hydrogen-bond acceptors (Lipinski definition) is 3. The molecule has 0 fully saturated rings. The first-order chi connectivity index (χ1) is 15.9. The summed E-state index contributed by atoms with van der Waals surface area (Å²) >= 11 is 0. The SMILES string of the molecule is CCc1cccc(CC)c1N=C(C)c1cc(C)cc(C(C)=Nc2c(CC)cccc2CC)n1.[Cl-].[Cl-].[Fe+2]. The molecule has 0 aliphatic carbocycles. The van der Waals surface area contributed by atoms with E-state index < -0.39 is 0 Å². The normalized spacial score (nSPS) is 11.3. The molecule has 3 aromatic rings.